The number of rotatable bonds is 3. The van der Waals surface area contributed by atoms with Gasteiger partial charge < -0.3 is 4.74 Å². The molecule has 0 amide bonds. The third-order valence-electron chi connectivity index (χ3n) is 2.18. The second-order valence-corrected chi connectivity index (χ2v) is 3.39. The molecule has 0 aromatic carbocycles. The molecule has 0 spiro atoms. The first-order chi connectivity index (χ1) is 7.34. The van der Waals surface area contributed by atoms with E-state index in [0.29, 0.717) is 0 Å². The maximum atomic E-state index is 13.3. The fourth-order valence-electron chi connectivity index (χ4n) is 1.25. The minimum Gasteiger partial charge on any atom is -0.379 e. The number of morpholine rings is 1. The van der Waals surface area contributed by atoms with Crippen LogP contribution < -0.4 is 0 Å². The summed E-state index contributed by atoms with van der Waals surface area (Å²) in [7, 11) is 0. The van der Waals surface area contributed by atoms with Crippen LogP contribution >= 0.6 is 11.6 Å². The summed E-state index contributed by atoms with van der Waals surface area (Å²) >= 11 is 4.69. The molecule has 1 rings (SSSR count). The highest BCUT2D eigenvalue weighted by Gasteiger charge is 2.63. The van der Waals surface area contributed by atoms with Crippen molar-refractivity contribution in [2.24, 2.45) is 0 Å². The molecular weight excluding hydrogens is 257 g/mol. The number of ether oxygens (including phenoxy) is 1. The highest BCUT2D eigenvalue weighted by atomic mass is 35.5. The van der Waals surface area contributed by atoms with Gasteiger partial charge in [0.15, 0.2) is 5.83 Å². The van der Waals surface area contributed by atoms with Gasteiger partial charge >= 0.3 is 12.0 Å². The van der Waals surface area contributed by atoms with Crippen LogP contribution in [0.15, 0.2) is 11.4 Å². The van der Waals surface area contributed by atoms with E-state index in [2.05, 4.69) is 11.6 Å². The molecule has 0 aromatic heterocycles. The highest BCUT2D eigenvalue weighted by molar-refractivity contribution is 6.25. The van der Waals surface area contributed by atoms with Crippen LogP contribution in [0.1, 0.15) is 0 Å². The number of alkyl halides is 4. The van der Waals surface area contributed by atoms with E-state index in [9.17, 15) is 22.0 Å². The van der Waals surface area contributed by atoms with Gasteiger partial charge in [0.1, 0.15) is 0 Å². The van der Waals surface area contributed by atoms with Gasteiger partial charge in [0.05, 0.1) is 13.2 Å². The molecule has 1 aliphatic heterocycles. The maximum absolute atomic E-state index is 13.3. The zero-order chi connectivity index (χ0) is 12.4. The molecule has 0 unspecified atom stereocenters. The first-order valence-electron chi connectivity index (χ1n) is 4.39. The first kappa shape index (κ1) is 13.7. The Labute approximate surface area is 93.6 Å². The summed E-state index contributed by atoms with van der Waals surface area (Å²) in [5.41, 5.74) is -0.186. The summed E-state index contributed by atoms with van der Waals surface area (Å²) in [5, 5.41) is 0. The van der Waals surface area contributed by atoms with E-state index in [1.54, 1.807) is 0 Å². The van der Waals surface area contributed by atoms with Crippen LogP contribution in [-0.2, 0) is 4.74 Å². The zero-order valence-electron chi connectivity index (χ0n) is 8.03. The van der Waals surface area contributed by atoms with Crippen LogP contribution in [0.3, 0.4) is 0 Å². The van der Waals surface area contributed by atoms with Crippen molar-refractivity contribution in [3.05, 3.63) is 11.4 Å². The Morgan fingerprint density at radius 3 is 2.12 bits per heavy atom. The predicted molar refractivity (Wildman–Crippen MR) is 47.3 cm³/mol. The lowest BCUT2D eigenvalue weighted by Crippen LogP contribution is -2.58. The van der Waals surface area contributed by atoms with Crippen molar-refractivity contribution in [3.8, 4) is 0 Å². The Balaban J connectivity index is 2.89. The summed E-state index contributed by atoms with van der Waals surface area (Å²) in [6.45, 7) is -0.980. The Bertz CT molecular complexity index is 278. The van der Waals surface area contributed by atoms with Crippen molar-refractivity contribution in [3.63, 3.8) is 0 Å². The molecule has 1 fully saturated rings. The average Bonchev–Trinajstić information content (AvgIpc) is 2.28. The fraction of sp³-hybridized carbons (Fsp3) is 0.750. The van der Waals surface area contributed by atoms with Gasteiger partial charge in [-0.05, 0) is 0 Å². The molecule has 1 saturated heterocycles. The van der Waals surface area contributed by atoms with Crippen LogP contribution in [0.25, 0.3) is 0 Å². The van der Waals surface area contributed by atoms with Crippen LogP contribution in [0.2, 0.25) is 0 Å². The summed E-state index contributed by atoms with van der Waals surface area (Å²) < 4.78 is 70.0. The molecule has 0 saturated carbocycles. The Morgan fingerprint density at radius 1 is 1.19 bits per heavy atom. The lowest BCUT2D eigenvalue weighted by Gasteiger charge is -2.37. The summed E-state index contributed by atoms with van der Waals surface area (Å²) in [6, 6.07) is -4.62. The lowest BCUT2D eigenvalue weighted by atomic mass is 10.2. The number of halogens is 6. The molecule has 1 heterocycles. The zero-order valence-corrected chi connectivity index (χ0v) is 8.78. The van der Waals surface area contributed by atoms with E-state index in [1.807, 2.05) is 0 Å². The summed E-state index contributed by atoms with van der Waals surface area (Å²) in [6.07, 6.45) is 0. The maximum Gasteiger partial charge on any atom is 0.376 e. The summed E-state index contributed by atoms with van der Waals surface area (Å²) in [4.78, 5) is 0.177. The average molecular weight is 266 g/mol. The van der Waals surface area contributed by atoms with Crippen LogP contribution in [-0.4, -0.2) is 43.2 Å². The van der Waals surface area contributed by atoms with Crippen LogP contribution in [0.5, 0.6) is 0 Å². The Hall–Kier alpha value is -0.400. The van der Waals surface area contributed by atoms with Crippen molar-refractivity contribution in [1.29, 1.82) is 0 Å². The van der Waals surface area contributed by atoms with Gasteiger partial charge in [-0.1, -0.05) is 11.6 Å². The number of hydrogen-bond donors (Lipinski definition) is 0. The highest BCUT2D eigenvalue weighted by Crippen LogP contribution is 2.43. The van der Waals surface area contributed by atoms with Crippen molar-refractivity contribution < 1.29 is 26.7 Å². The van der Waals surface area contributed by atoms with Gasteiger partial charge in [0, 0.05) is 18.6 Å². The van der Waals surface area contributed by atoms with E-state index in [1.165, 1.54) is 0 Å². The molecule has 0 aliphatic carbocycles. The smallest absolute Gasteiger partial charge is 0.376 e. The molecule has 8 heteroatoms. The predicted octanol–water partition coefficient (Wildman–Crippen LogP) is 2.60. The lowest BCUT2D eigenvalue weighted by molar-refractivity contribution is -0.284. The number of hydrogen-bond acceptors (Lipinski definition) is 2. The van der Waals surface area contributed by atoms with Crippen LogP contribution in [0, 0.1) is 0 Å². The van der Waals surface area contributed by atoms with E-state index < -0.39 is 30.9 Å². The molecule has 0 atom stereocenters. The third-order valence-corrected chi connectivity index (χ3v) is 2.37. The SMILES string of the molecule is F/C(=C\Cl)C(F)(F)C(F)(F)N1CCOCC1. The largest absolute Gasteiger partial charge is 0.379 e. The third kappa shape index (κ3) is 2.31. The first-order valence-corrected chi connectivity index (χ1v) is 4.82. The van der Waals surface area contributed by atoms with E-state index in [0.717, 1.165) is 0 Å². The van der Waals surface area contributed by atoms with E-state index >= 15 is 0 Å². The van der Waals surface area contributed by atoms with Gasteiger partial charge in [0.25, 0.3) is 0 Å². The molecule has 16 heavy (non-hydrogen) atoms. The molecule has 0 bridgehead atoms. The van der Waals surface area contributed by atoms with Crippen molar-refractivity contribution in [2.45, 2.75) is 12.0 Å². The monoisotopic (exact) mass is 265 g/mol. The second-order valence-electron chi connectivity index (χ2n) is 3.17. The van der Waals surface area contributed by atoms with E-state index in [4.69, 9.17) is 4.74 Å². The van der Waals surface area contributed by atoms with Crippen molar-refractivity contribution >= 4 is 11.6 Å². The summed E-state index contributed by atoms with van der Waals surface area (Å²) in [5.74, 6) is -7.29. The van der Waals surface area contributed by atoms with Gasteiger partial charge in [-0.3, -0.25) is 0 Å². The molecular formula is C8H9ClF5NO. The Morgan fingerprint density at radius 2 is 1.69 bits per heavy atom. The number of nitrogens with zero attached hydrogens (tertiary/aromatic N) is 1. The second kappa shape index (κ2) is 4.85. The Kier molecular flexibility index (Phi) is 4.14. The quantitative estimate of drug-likeness (QED) is 0.574. The molecule has 0 N–H and O–H groups in total. The molecule has 2 nitrogen and oxygen atoms in total. The van der Waals surface area contributed by atoms with E-state index in [-0.39, 0.29) is 23.6 Å². The standard InChI is InChI=1S/C8H9ClF5NO/c9-5-6(10)7(11,12)8(13,14)15-1-3-16-4-2-15/h5H,1-4H2/b6-5-. The fourth-order valence-corrected chi connectivity index (χ4v) is 1.39. The molecule has 94 valence electrons. The van der Waals surface area contributed by atoms with Gasteiger partial charge in [-0.15, -0.1) is 0 Å². The molecule has 1 aliphatic rings. The van der Waals surface area contributed by atoms with Crippen molar-refractivity contribution in [1.82, 2.24) is 4.90 Å². The molecule has 0 aromatic rings. The van der Waals surface area contributed by atoms with Crippen molar-refractivity contribution in [2.75, 3.05) is 26.3 Å². The normalized spacial score (nSPS) is 21.2. The topological polar surface area (TPSA) is 12.5 Å². The van der Waals surface area contributed by atoms with Gasteiger partial charge in [-0.25, -0.2) is 9.29 Å². The minimum atomic E-state index is -4.94. The van der Waals surface area contributed by atoms with Crippen LogP contribution in [0.4, 0.5) is 22.0 Å². The molecule has 0 radical (unpaired) electrons. The van der Waals surface area contributed by atoms with Gasteiger partial charge in [-0.2, -0.15) is 17.6 Å². The minimum absolute atomic E-state index is 0.0993. The van der Waals surface area contributed by atoms with Gasteiger partial charge in [0.2, 0.25) is 0 Å².